The molecular weight excluding hydrogens is 250 g/mol. The third-order valence-corrected chi connectivity index (χ3v) is 4.31. The van der Waals surface area contributed by atoms with Crippen molar-refractivity contribution in [1.82, 2.24) is 0 Å². The number of ketones is 1. The molecule has 17 heavy (non-hydrogen) atoms. The van der Waals surface area contributed by atoms with E-state index in [0.29, 0.717) is 16.9 Å². The summed E-state index contributed by atoms with van der Waals surface area (Å²) in [5.41, 5.74) is 1.24. The molecule has 0 radical (unpaired) electrons. The van der Waals surface area contributed by atoms with Crippen LogP contribution < -0.4 is 0 Å². The van der Waals surface area contributed by atoms with Crippen LogP contribution in [0.1, 0.15) is 15.9 Å². The van der Waals surface area contributed by atoms with E-state index in [4.69, 9.17) is 5.26 Å². The summed E-state index contributed by atoms with van der Waals surface area (Å²) < 4.78 is 1.15. The number of nitrogens with zero attached hydrogens (tertiary/aromatic N) is 1. The van der Waals surface area contributed by atoms with Crippen molar-refractivity contribution in [1.29, 1.82) is 5.26 Å². The summed E-state index contributed by atoms with van der Waals surface area (Å²) in [4.78, 5) is 11.8. The van der Waals surface area contributed by atoms with E-state index in [1.54, 1.807) is 47.4 Å². The molecule has 0 aliphatic rings. The van der Waals surface area contributed by atoms with Crippen molar-refractivity contribution >= 4 is 28.9 Å². The lowest BCUT2D eigenvalue weighted by molar-refractivity contribution is 0.102. The third kappa shape index (κ3) is 3.19. The highest BCUT2D eigenvalue weighted by atomic mass is 32.2. The van der Waals surface area contributed by atoms with Crippen LogP contribution in [0, 0.1) is 11.3 Å². The number of nitriles is 1. The number of Topliss-reactive ketones (excluding diaryl/α,β-unsaturated/α-hetero) is 1. The first-order valence-electron chi connectivity index (χ1n) is 4.99. The first-order valence-corrected chi connectivity index (χ1v) is 6.86. The van der Waals surface area contributed by atoms with Crippen LogP contribution in [0.4, 0.5) is 0 Å². The van der Waals surface area contributed by atoms with Gasteiger partial charge in [-0.25, -0.2) is 0 Å². The molecular formula is C13H9NOS2. The maximum atomic E-state index is 11.8. The van der Waals surface area contributed by atoms with Gasteiger partial charge in [0.25, 0.3) is 0 Å². The standard InChI is InChI=1S/C13H9NOS2/c14-8-10-3-5-11(6-4-10)12(15)9-17-13-2-1-7-16-13/h1-7H,9H2. The van der Waals surface area contributed by atoms with Gasteiger partial charge in [0.05, 0.1) is 21.6 Å². The second-order valence-electron chi connectivity index (χ2n) is 3.33. The number of carbonyl (C=O) groups excluding carboxylic acids is 1. The number of thiophene rings is 1. The van der Waals surface area contributed by atoms with Gasteiger partial charge in [-0.3, -0.25) is 4.79 Å². The Morgan fingerprint density at radius 2 is 2.06 bits per heavy atom. The monoisotopic (exact) mass is 259 g/mol. The quantitative estimate of drug-likeness (QED) is 0.622. The zero-order valence-corrected chi connectivity index (χ0v) is 10.6. The first kappa shape index (κ1) is 11.9. The van der Waals surface area contributed by atoms with Gasteiger partial charge in [0.15, 0.2) is 5.78 Å². The molecule has 0 unspecified atom stereocenters. The Bertz CT molecular complexity index is 538. The molecule has 2 nitrogen and oxygen atoms in total. The SMILES string of the molecule is N#Cc1ccc(C(=O)CSc2cccs2)cc1. The molecule has 0 aliphatic carbocycles. The Hall–Kier alpha value is -1.57. The van der Waals surface area contributed by atoms with Crippen molar-refractivity contribution in [2.75, 3.05) is 5.75 Å². The van der Waals surface area contributed by atoms with Crippen molar-refractivity contribution in [2.24, 2.45) is 0 Å². The number of rotatable bonds is 4. The molecule has 0 amide bonds. The van der Waals surface area contributed by atoms with E-state index in [1.165, 1.54) is 0 Å². The molecule has 2 rings (SSSR count). The van der Waals surface area contributed by atoms with Crippen molar-refractivity contribution in [3.63, 3.8) is 0 Å². The first-order chi connectivity index (χ1) is 8.29. The van der Waals surface area contributed by atoms with Crippen LogP contribution >= 0.6 is 23.1 Å². The van der Waals surface area contributed by atoms with Crippen LogP contribution in [0.25, 0.3) is 0 Å². The van der Waals surface area contributed by atoms with Gasteiger partial charge in [-0.2, -0.15) is 5.26 Å². The van der Waals surface area contributed by atoms with Crippen LogP contribution in [0.3, 0.4) is 0 Å². The van der Waals surface area contributed by atoms with Crippen molar-refractivity contribution in [2.45, 2.75) is 4.21 Å². The van der Waals surface area contributed by atoms with Gasteiger partial charge >= 0.3 is 0 Å². The second kappa shape index (κ2) is 5.67. The molecule has 2 aromatic rings. The minimum absolute atomic E-state index is 0.0906. The Labute approximate surface area is 108 Å². The fourth-order valence-electron chi connectivity index (χ4n) is 1.30. The van der Waals surface area contributed by atoms with Gasteiger partial charge in [-0.1, -0.05) is 18.2 Å². The molecule has 0 fully saturated rings. The van der Waals surface area contributed by atoms with Gasteiger partial charge in [0, 0.05) is 5.56 Å². The normalized spacial score (nSPS) is 9.82. The van der Waals surface area contributed by atoms with E-state index in [-0.39, 0.29) is 5.78 Å². The summed E-state index contributed by atoms with van der Waals surface area (Å²) in [7, 11) is 0. The summed E-state index contributed by atoms with van der Waals surface area (Å²) in [5, 5.41) is 10.7. The lowest BCUT2D eigenvalue weighted by Crippen LogP contribution is -2.01. The minimum Gasteiger partial charge on any atom is -0.293 e. The molecule has 0 atom stereocenters. The molecule has 0 saturated carbocycles. The van der Waals surface area contributed by atoms with Gasteiger partial charge in [-0.05, 0) is 23.6 Å². The summed E-state index contributed by atoms with van der Waals surface area (Å²) in [6, 6.07) is 12.8. The lowest BCUT2D eigenvalue weighted by Gasteiger charge is -1.99. The Balaban J connectivity index is 1.97. The molecule has 1 heterocycles. The topological polar surface area (TPSA) is 40.9 Å². The highest BCUT2D eigenvalue weighted by Crippen LogP contribution is 2.24. The molecule has 1 aromatic heterocycles. The largest absolute Gasteiger partial charge is 0.293 e. The Kier molecular flexibility index (Phi) is 3.97. The maximum absolute atomic E-state index is 11.8. The van der Waals surface area contributed by atoms with E-state index in [1.807, 2.05) is 23.6 Å². The number of benzene rings is 1. The number of hydrogen-bond donors (Lipinski definition) is 0. The Morgan fingerprint density at radius 1 is 1.29 bits per heavy atom. The maximum Gasteiger partial charge on any atom is 0.173 e. The summed E-state index contributed by atoms with van der Waals surface area (Å²) in [6.45, 7) is 0. The highest BCUT2D eigenvalue weighted by Gasteiger charge is 2.06. The van der Waals surface area contributed by atoms with Gasteiger partial charge in [0.2, 0.25) is 0 Å². The van der Waals surface area contributed by atoms with Gasteiger partial charge in [0.1, 0.15) is 0 Å². The summed E-state index contributed by atoms with van der Waals surface area (Å²) >= 11 is 3.18. The number of carbonyl (C=O) groups is 1. The number of thioether (sulfide) groups is 1. The van der Waals surface area contributed by atoms with E-state index < -0.39 is 0 Å². The van der Waals surface area contributed by atoms with E-state index in [9.17, 15) is 4.79 Å². The predicted octanol–water partition coefficient (Wildman–Crippen LogP) is 3.59. The van der Waals surface area contributed by atoms with E-state index in [2.05, 4.69) is 0 Å². The average molecular weight is 259 g/mol. The van der Waals surface area contributed by atoms with Gasteiger partial charge < -0.3 is 0 Å². The minimum atomic E-state index is 0.0906. The van der Waals surface area contributed by atoms with E-state index >= 15 is 0 Å². The molecule has 0 spiro atoms. The van der Waals surface area contributed by atoms with Crippen LogP contribution in [0.2, 0.25) is 0 Å². The van der Waals surface area contributed by atoms with E-state index in [0.717, 1.165) is 4.21 Å². The summed E-state index contributed by atoms with van der Waals surface area (Å²) in [6.07, 6.45) is 0. The van der Waals surface area contributed by atoms with Crippen molar-refractivity contribution in [3.8, 4) is 6.07 Å². The second-order valence-corrected chi connectivity index (χ2v) is 5.56. The fraction of sp³-hybridized carbons (Fsp3) is 0.0769. The van der Waals surface area contributed by atoms with Crippen molar-refractivity contribution in [3.05, 3.63) is 52.9 Å². The predicted molar refractivity (Wildman–Crippen MR) is 70.5 cm³/mol. The molecule has 0 N–H and O–H groups in total. The molecule has 1 aromatic carbocycles. The summed E-state index contributed by atoms with van der Waals surface area (Å²) in [5.74, 6) is 0.528. The molecule has 0 bridgehead atoms. The zero-order valence-electron chi connectivity index (χ0n) is 8.92. The van der Waals surface area contributed by atoms with Crippen LogP contribution in [0.5, 0.6) is 0 Å². The fourth-order valence-corrected chi connectivity index (χ4v) is 2.98. The smallest absolute Gasteiger partial charge is 0.173 e. The van der Waals surface area contributed by atoms with Gasteiger partial charge in [-0.15, -0.1) is 23.1 Å². The van der Waals surface area contributed by atoms with Crippen LogP contribution in [-0.4, -0.2) is 11.5 Å². The molecule has 0 aliphatic heterocycles. The van der Waals surface area contributed by atoms with Crippen LogP contribution in [0.15, 0.2) is 46.0 Å². The third-order valence-electron chi connectivity index (χ3n) is 2.18. The average Bonchev–Trinajstić information content (AvgIpc) is 2.89. The van der Waals surface area contributed by atoms with Crippen LogP contribution in [-0.2, 0) is 0 Å². The Morgan fingerprint density at radius 3 is 2.65 bits per heavy atom. The molecule has 4 heteroatoms. The van der Waals surface area contributed by atoms with Crippen molar-refractivity contribution < 1.29 is 4.79 Å². The molecule has 0 saturated heterocycles. The highest BCUT2D eigenvalue weighted by molar-refractivity contribution is 8.01. The lowest BCUT2D eigenvalue weighted by atomic mass is 10.1. The molecule has 84 valence electrons. The zero-order chi connectivity index (χ0) is 12.1. The number of hydrogen-bond acceptors (Lipinski definition) is 4.